The molecule has 2 amide bonds. The first-order chi connectivity index (χ1) is 27.2. The van der Waals surface area contributed by atoms with Crippen LogP contribution in [-0.4, -0.2) is 93.1 Å². The fraction of sp³-hybridized carbons (Fsp3) is 0.390. The van der Waals surface area contributed by atoms with Crippen LogP contribution < -0.4 is 14.8 Å². The van der Waals surface area contributed by atoms with Crippen LogP contribution in [0.15, 0.2) is 61.1 Å². The van der Waals surface area contributed by atoms with Crippen LogP contribution >= 0.6 is 23.2 Å². The minimum Gasteiger partial charge on any atom is -0.493 e. The molecule has 4 aromatic heterocycles. The highest BCUT2D eigenvalue weighted by molar-refractivity contribution is 6.39. The fourth-order valence-corrected chi connectivity index (χ4v) is 7.49. The minimum atomic E-state index is -2.47. The van der Waals surface area contributed by atoms with Gasteiger partial charge in [-0.25, -0.2) is 23.5 Å². The quantitative estimate of drug-likeness (QED) is 0.132. The van der Waals surface area contributed by atoms with E-state index in [1.165, 1.54) is 14.2 Å². The zero-order valence-corrected chi connectivity index (χ0v) is 34.1. The zero-order chi connectivity index (χ0) is 41.0. The Balaban J connectivity index is 1.30. The van der Waals surface area contributed by atoms with Crippen LogP contribution in [0.25, 0.3) is 39.3 Å². The normalized spacial score (nSPS) is 13.6. The number of ether oxygens (including phenoxy) is 3. The topological polar surface area (TPSA) is 123 Å². The Hall–Kier alpha value is -5.05. The Morgan fingerprint density at radius 2 is 1.70 bits per heavy atom. The molecule has 0 aliphatic carbocycles. The summed E-state index contributed by atoms with van der Waals surface area (Å²) in [7, 11) is 3.04. The average molecular weight is 825 g/mol. The van der Waals surface area contributed by atoms with E-state index >= 15 is 0 Å². The van der Waals surface area contributed by atoms with Crippen molar-refractivity contribution in [3.8, 4) is 45.3 Å². The maximum Gasteiger partial charge on any atom is 0.410 e. The molecule has 5 aromatic rings. The predicted molar refractivity (Wildman–Crippen MR) is 215 cm³/mol. The van der Waals surface area contributed by atoms with Crippen LogP contribution in [0, 0.1) is 0 Å². The summed E-state index contributed by atoms with van der Waals surface area (Å²) >= 11 is 14.3. The van der Waals surface area contributed by atoms with Crippen LogP contribution in [-0.2, 0) is 22.6 Å². The van der Waals surface area contributed by atoms with Gasteiger partial charge in [0.1, 0.15) is 5.60 Å². The van der Waals surface area contributed by atoms with Gasteiger partial charge in [0.2, 0.25) is 11.8 Å². The lowest BCUT2D eigenvalue weighted by atomic mass is 9.99. The number of hydrogen-bond donors (Lipinski definition) is 1. The van der Waals surface area contributed by atoms with E-state index < -0.39 is 24.7 Å². The molecule has 12 nitrogen and oxygen atoms in total. The number of carbonyl (C=O) groups excluding carboxylic acids is 2. The first-order valence-electron chi connectivity index (χ1n) is 18.4. The van der Waals surface area contributed by atoms with E-state index in [0.29, 0.717) is 98.2 Å². The largest absolute Gasteiger partial charge is 0.493 e. The maximum atomic E-state index is 13.6. The molecule has 1 aromatic carbocycles. The van der Waals surface area contributed by atoms with Crippen molar-refractivity contribution in [1.82, 2.24) is 34.5 Å². The van der Waals surface area contributed by atoms with Crippen LogP contribution in [0.5, 0.6) is 11.6 Å². The molecule has 0 atom stereocenters. The number of methoxy groups -OCH3 is 2. The van der Waals surface area contributed by atoms with Gasteiger partial charge in [-0.2, -0.15) is 0 Å². The van der Waals surface area contributed by atoms with Gasteiger partial charge in [0.05, 0.1) is 54.4 Å². The van der Waals surface area contributed by atoms with Crippen LogP contribution in [0.2, 0.25) is 10.0 Å². The van der Waals surface area contributed by atoms with E-state index in [4.69, 9.17) is 42.4 Å². The number of hydrogen-bond acceptors (Lipinski definition) is 9. The second-order valence-electron chi connectivity index (χ2n) is 14.7. The number of carbonyl (C=O) groups is 2. The second kappa shape index (κ2) is 17.6. The fourth-order valence-electron chi connectivity index (χ4n) is 6.84. The monoisotopic (exact) mass is 823 g/mol. The van der Waals surface area contributed by atoms with Gasteiger partial charge in [-0.3, -0.25) is 9.78 Å². The first kappa shape index (κ1) is 41.6. The Bertz CT molecular complexity index is 2260. The lowest BCUT2D eigenvalue weighted by Gasteiger charge is -2.39. The molecule has 0 saturated carbocycles. The number of pyridine rings is 3. The Morgan fingerprint density at radius 1 is 0.982 bits per heavy atom. The van der Waals surface area contributed by atoms with Crippen molar-refractivity contribution in [3.05, 3.63) is 82.4 Å². The number of rotatable bonds is 12. The van der Waals surface area contributed by atoms with Crippen molar-refractivity contribution in [2.45, 2.75) is 71.7 Å². The Morgan fingerprint density at radius 3 is 2.37 bits per heavy atom. The number of nitrogens with zero attached hydrogens (tertiary/aromatic N) is 6. The molecule has 0 radical (unpaired) electrons. The van der Waals surface area contributed by atoms with Gasteiger partial charge in [0.15, 0.2) is 11.4 Å². The Labute approximate surface area is 340 Å². The lowest BCUT2D eigenvalue weighted by Crippen LogP contribution is -2.49. The third-order valence-electron chi connectivity index (χ3n) is 9.57. The van der Waals surface area contributed by atoms with Gasteiger partial charge in [0, 0.05) is 79.0 Å². The Kier molecular flexibility index (Phi) is 12.8. The van der Waals surface area contributed by atoms with Crippen molar-refractivity contribution in [3.63, 3.8) is 0 Å². The molecule has 0 unspecified atom stereocenters. The van der Waals surface area contributed by atoms with Crippen molar-refractivity contribution in [2.75, 3.05) is 33.9 Å². The lowest BCUT2D eigenvalue weighted by molar-refractivity contribution is -0.130. The van der Waals surface area contributed by atoms with E-state index in [2.05, 4.69) is 15.3 Å². The zero-order valence-electron chi connectivity index (χ0n) is 32.6. The van der Waals surface area contributed by atoms with E-state index in [0.717, 1.165) is 0 Å². The van der Waals surface area contributed by atoms with Gasteiger partial charge in [-0.05, 0) is 57.9 Å². The third kappa shape index (κ3) is 9.57. The number of imidazole rings is 1. The summed E-state index contributed by atoms with van der Waals surface area (Å²) in [6, 6.07) is 12.7. The van der Waals surface area contributed by atoms with Crippen LogP contribution in [0.3, 0.4) is 0 Å². The molecule has 1 aliphatic heterocycles. The highest BCUT2D eigenvalue weighted by Gasteiger charge is 2.33. The van der Waals surface area contributed by atoms with E-state index in [-0.39, 0.29) is 25.0 Å². The van der Waals surface area contributed by atoms with Crippen molar-refractivity contribution in [1.29, 1.82) is 0 Å². The second-order valence-corrected chi connectivity index (χ2v) is 15.4. The number of amides is 2. The molecular weight excluding hydrogens is 779 g/mol. The molecule has 0 spiro atoms. The molecule has 302 valence electrons. The standard InChI is InChI=1S/C41H45Cl2F2N7O5/c1-24(53)50-16-13-28(14-17-50)52(40(54)57-41(2,3)4)22-25-10-11-32(49-39(25)56-6)31-9-7-8-29(35(31)42)30-12-15-47-37(36(30)43)26-18-33(55-5)38-48-27(23-51(38)21-26)19-46-20-34(44)45/h7-12,15,18,21,23,28,34,46H,13-14,16-17,19-20,22H2,1-6H3. The van der Waals surface area contributed by atoms with Crippen molar-refractivity contribution < 1.29 is 32.6 Å². The van der Waals surface area contributed by atoms with Crippen molar-refractivity contribution in [2.24, 2.45) is 0 Å². The van der Waals surface area contributed by atoms with Crippen LogP contribution in [0.4, 0.5) is 13.6 Å². The highest BCUT2D eigenvalue weighted by atomic mass is 35.5. The number of nitrogens with one attached hydrogen (secondary N) is 1. The van der Waals surface area contributed by atoms with Crippen molar-refractivity contribution >= 4 is 40.8 Å². The summed E-state index contributed by atoms with van der Waals surface area (Å²) in [6.45, 7) is 8.02. The predicted octanol–water partition coefficient (Wildman–Crippen LogP) is 8.55. The first-order valence-corrected chi connectivity index (χ1v) is 19.2. The summed E-state index contributed by atoms with van der Waals surface area (Å²) in [5.74, 6) is 0.787. The minimum absolute atomic E-state index is 0.0119. The molecule has 1 N–H and O–H groups in total. The molecule has 6 rings (SSSR count). The van der Waals surface area contributed by atoms with Gasteiger partial charge >= 0.3 is 6.09 Å². The number of halogens is 4. The summed E-state index contributed by atoms with van der Waals surface area (Å²) < 4.78 is 44.3. The number of benzene rings is 1. The molecule has 57 heavy (non-hydrogen) atoms. The summed E-state index contributed by atoms with van der Waals surface area (Å²) in [6.07, 6.45) is 3.48. The summed E-state index contributed by atoms with van der Waals surface area (Å²) in [5.41, 5.74) is 4.59. The molecule has 5 heterocycles. The number of aromatic nitrogens is 4. The van der Waals surface area contributed by atoms with E-state index in [9.17, 15) is 18.4 Å². The highest BCUT2D eigenvalue weighted by Crippen LogP contribution is 2.42. The molecule has 0 bridgehead atoms. The van der Waals surface area contributed by atoms with Gasteiger partial charge < -0.3 is 33.7 Å². The van der Waals surface area contributed by atoms with Crippen LogP contribution in [0.1, 0.15) is 51.8 Å². The number of likely N-dealkylation sites (tertiary alicyclic amines) is 1. The molecular formula is C41H45Cl2F2N7O5. The number of alkyl halides is 2. The number of piperidine rings is 1. The van der Waals surface area contributed by atoms with Gasteiger partial charge in [-0.15, -0.1) is 0 Å². The van der Waals surface area contributed by atoms with E-state index in [1.54, 1.807) is 51.8 Å². The molecule has 16 heteroatoms. The summed E-state index contributed by atoms with van der Waals surface area (Å²) in [4.78, 5) is 43.0. The third-order valence-corrected chi connectivity index (χ3v) is 10.4. The molecule has 1 aliphatic rings. The summed E-state index contributed by atoms with van der Waals surface area (Å²) in [5, 5.41) is 3.43. The van der Waals surface area contributed by atoms with Gasteiger partial charge in [-0.1, -0.05) is 41.4 Å². The maximum absolute atomic E-state index is 13.6. The average Bonchev–Trinajstić information content (AvgIpc) is 3.59. The SMILES string of the molecule is COc1nc(-c2cccc(-c3ccnc(-c4cc(OC)c5nc(CNCC(F)F)cn5c4)c3Cl)c2Cl)ccc1CN(C(=O)OC(C)(C)C)C1CCN(C(C)=O)CC1. The molecule has 1 saturated heterocycles. The smallest absolute Gasteiger partial charge is 0.410 e. The van der Waals surface area contributed by atoms with Gasteiger partial charge in [0.25, 0.3) is 6.43 Å². The molecule has 1 fully saturated rings. The van der Waals surface area contributed by atoms with E-state index in [1.807, 2.05) is 51.1 Å². The number of fused-ring (bicyclic) bond motifs is 1.